The van der Waals surface area contributed by atoms with Crippen LogP contribution in [0.1, 0.15) is 32.6 Å². The Morgan fingerprint density at radius 1 is 0.839 bits per heavy atom. The van der Waals surface area contributed by atoms with Crippen LogP contribution in [0, 0.1) is 0 Å². The Balaban J connectivity index is 1.33. The minimum Gasteiger partial charge on any atom is -0.374 e. The van der Waals surface area contributed by atoms with Crippen molar-refractivity contribution in [1.29, 1.82) is 0 Å². The van der Waals surface area contributed by atoms with Gasteiger partial charge in [-0.15, -0.1) is 0 Å². The van der Waals surface area contributed by atoms with Crippen molar-refractivity contribution in [3.8, 4) is 0 Å². The van der Waals surface area contributed by atoms with Gasteiger partial charge in [-0.25, -0.2) is 8.42 Å². The first kappa shape index (κ1) is 21.6. The van der Waals surface area contributed by atoms with Crippen molar-refractivity contribution < 1.29 is 13.2 Å². The van der Waals surface area contributed by atoms with Crippen molar-refractivity contribution in [3.05, 3.63) is 48.5 Å². The zero-order valence-electron chi connectivity index (χ0n) is 17.9. The van der Waals surface area contributed by atoms with Crippen molar-refractivity contribution in [2.45, 2.75) is 43.5 Å². The highest BCUT2D eigenvalue weighted by atomic mass is 32.2. The van der Waals surface area contributed by atoms with Gasteiger partial charge in [-0.3, -0.25) is 4.79 Å². The summed E-state index contributed by atoms with van der Waals surface area (Å²) in [5.74, 6) is -0.182. The fraction of sp³-hybridized carbons (Fsp3) is 0.435. The molecule has 31 heavy (non-hydrogen) atoms. The number of hydrogen-bond acceptors (Lipinski definition) is 5. The second-order valence-electron chi connectivity index (χ2n) is 8.23. The molecular weight excluding hydrogens is 412 g/mol. The van der Waals surface area contributed by atoms with Gasteiger partial charge in [0.1, 0.15) is 6.04 Å². The quantitative estimate of drug-likeness (QED) is 0.686. The number of rotatable bonds is 7. The Morgan fingerprint density at radius 3 is 2.00 bits per heavy atom. The van der Waals surface area contributed by atoms with E-state index >= 15 is 0 Å². The van der Waals surface area contributed by atoms with Crippen molar-refractivity contribution >= 4 is 33.0 Å². The summed E-state index contributed by atoms with van der Waals surface area (Å²) in [6.07, 6.45) is 4.28. The molecule has 2 aliphatic heterocycles. The maximum absolute atomic E-state index is 12.6. The SMILES string of the molecule is C[C@H](Nc1ccc(N2CCCC2)cc1)C(=O)Nc1ccc(S(=O)(=O)N2CCCC2)cc1. The maximum Gasteiger partial charge on any atom is 0.246 e. The third kappa shape index (κ3) is 5.02. The molecule has 0 aromatic heterocycles. The van der Waals surface area contributed by atoms with Crippen molar-refractivity contribution in [2.75, 3.05) is 41.7 Å². The van der Waals surface area contributed by atoms with E-state index in [1.54, 1.807) is 31.2 Å². The van der Waals surface area contributed by atoms with E-state index in [0.717, 1.165) is 31.6 Å². The minimum atomic E-state index is -3.45. The first-order valence-electron chi connectivity index (χ1n) is 11.0. The summed E-state index contributed by atoms with van der Waals surface area (Å²) in [7, 11) is -3.45. The fourth-order valence-electron chi connectivity index (χ4n) is 4.10. The monoisotopic (exact) mass is 442 g/mol. The number of sulfonamides is 1. The minimum absolute atomic E-state index is 0.182. The fourth-order valence-corrected chi connectivity index (χ4v) is 5.61. The number of benzene rings is 2. The van der Waals surface area contributed by atoms with Gasteiger partial charge in [0.05, 0.1) is 4.90 Å². The third-order valence-corrected chi connectivity index (χ3v) is 7.85. The van der Waals surface area contributed by atoms with Crippen LogP contribution in [0.2, 0.25) is 0 Å². The van der Waals surface area contributed by atoms with Crippen molar-refractivity contribution in [1.82, 2.24) is 4.31 Å². The molecule has 2 heterocycles. The molecule has 0 unspecified atom stereocenters. The maximum atomic E-state index is 12.6. The van der Waals surface area contributed by atoms with Crippen molar-refractivity contribution in [3.63, 3.8) is 0 Å². The van der Waals surface area contributed by atoms with Gasteiger partial charge in [0, 0.05) is 43.2 Å². The second-order valence-corrected chi connectivity index (χ2v) is 10.2. The summed E-state index contributed by atoms with van der Waals surface area (Å²) in [5.41, 5.74) is 2.67. The number of amides is 1. The predicted molar refractivity (Wildman–Crippen MR) is 124 cm³/mol. The number of carbonyl (C=O) groups excluding carboxylic acids is 1. The van der Waals surface area contributed by atoms with Crippen LogP contribution in [0.4, 0.5) is 17.1 Å². The van der Waals surface area contributed by atoms with Gasteiger partial charge in [0.25, 0.3) is 0 Å². The average Bonchev–Trinajstić information content (AvgIpc) is 3.49. The van der Waals surface area contributed by atoms with E-state index in [4.69, 9.17) is 0 Å². The Morgan fingerprint density at radius 2 is 1.39 bits per heavy atom. The van der Waals surface area contributed by atoms with Crippen LogP contribution in [-0.4, -0.2) is 50.9 Å². The molecule has 2 aliphatic rings. The molecule has 2 N–H and O–H groups in total. The molecule has 0 bridgehead atoms. The lowest BCUT2D eigenvalue weighted by molar-refractivity contribution is -0.116. The van der Waals surface area contributed by atoms with Gasteiger partial charge in [-0.2, -0.15) is 4.31 Å². The molecular formula is C23H30N4O3S. The summed E-state index contributed by atoms with van der Waals surface area (Å²) in [6.45, 7) is 5.15. The lowest BCUT2D eigenvalue weighted by atomic mass is 10.2. The summed E-state index contributed by atoms with van der Waals surface area (Å²) in [6, 6.07) is 14.1. The van der Waals surface area contributed by atoms with Gasteiger partial charge in [0.2, 0.25) is 15.9 Å². The zero-order chi connectivity index (χ0) is 21.8. The average molecular weight is 443 g/mol. The second kappa shape index (κ2) is 9.28. The predicted octanol–water partition coefficient (Wildman–Crippen LogP) is 3.51. The molecule has 0 aliphatic carbocycles. The number of anilines is 3. The zero-order valence-corrected chi connectivity index (χ0v) is 18.7. The standard InChI is InChI=1S/C23H30N4O3S/c1-18(24-19-6-10-21(11-7-19)26-14-2-3-15-26)23(28)25-20-8-12-22(13-9-20)31(29,30)27-16-4-5-17-27/h6-13,18,24H,2-5,14-17H2,1H3,(H,25,28)/t18-/m0/s1. The molecule has 8 heteroatoms. The smallest absolute Gasteiger partial charge is 0.246 e. The van der Waals surface area contributed by atoms with Gasteiger partial charge in [-0.05, 0) is 81.1 Å². The molecule has 7 nitrogen and oxygen atoms in total. The number of hydrogen-bond donors (Lipinski definition) is 2. The summed E-state index contributed by atoms with van der Waals surface area (Å²) in [5, 5.41) is 6.07. The molecule has 2 fully saturated rings. The van der Waals surface area contributed by atoms with Crippen LogP contribution in [-0.2, 0) is 14.8 Å². The first-order chi connectivity index (χ1) is 14.9. The molecule has 0 saturated carbocycles. The number of nitrogens with zero attached hydrogens (tertiary/aromatic N) is 2. The van der Waals surface area contributed by atoms with Gasteiger partial charge >= 0.3 is 0 Å². The number of nitrogens with one attached hydrogen (secondary N) is 2. The third-order valence-electron chi connectivity index (χ3n) is 5.94. The van der Waals surface area contributed by atoms with Gasteiger partial charge in [-0.1, -0.05) is 0 Å². The summed E-state index contributed by atoms with van der Waals surface area (Å²) < 4.78 is 26.7. The van der Waals surface area contributed by atoms with E-state index in [2.05, 4.69) is 27.7 Å². The normalized spacial score (nSPS) is 18.2. The van der Waals surface area contributed by atoms with E-state index in [0.29, 0.717) is 18.8 Å². The van der Waals surface area contributed by atoms with Crippen LogP contribution < -0.4 is 15.5 Å². The highest BCUT2D eigenvalue weighted by Gasteiger charge is 2.27. The Bertz CT molecular complexity index is 994. The topological polar surface area (TPSA) is 81.8 Å². The van der Waals surface area contributed by atoms with Gasteiger partial charge < -0.3 is 15.5 Å². The molecule has 0 radical (unpaired) electrons. The Labute approximate surface area is 184 Å². The van der Waals surface area contributed by atoms with E-state index in [-0.39, 0.29) is 10.8 Å². The summed E-state index contributed by atoms with van der Waals surface area (Å²) in [4.78, 5) is 15.2. The van der Waals surface area contributed by atoms with E-state index in [1.807, 2.05) is 12.1 Å². The highest BCUT2D eigenvalue weighted by molar-refractivity contribution is 7.89. The number of carbonyl (C=O) groups is 1. The van der Waals surface area contributed by atoms with Crippen molar-refractivity contribution in [2.24, 2.45) is 0 Å². The lowest BCUT2D eigenvalue weighted by Crippen LogP contribution is -2.32. The largest absolute Gasteiger partial charge is 0.374 e. The Hall–Kier alpha value is -2.58. The van der Waals surface area contributed by atoms with Crippen LogP contribution in [0.25, 0.3) is 0 Å². The van der Waals surface area contributed by atoms with Gasteiger partial charge in [0.15, 0.2) is 0 Å². The molecule has 2 aromatic rings. The highest BCUT2D eigenvalue weighted by Crippen LogP contribution is 2.24. The molecule has 2 saturated heterocycles. The van der Waals surface area contributed by atoms with E-state index in [9.17, 15) is 13.2 Å². The molecule has 4 rings (SSSR count). The summed E-state index contributed by atoms with van der Waals surface area (Å²) >= 11 is 0. The molecule has 1 atom stereocenters. The Kier molecular flexibility index (Phi) is 6.48. The molecule has 1 amide bonds. The van der Waals surface area contributed by atoms with Crippen LogP contribution in [0.3, 0.4) is 0 Å². The molecule has 2 aromatic carbocycles. The van der Waals surface area contributed by atoms with Crippen LogP contribution in [0.15, 0.2) is 53.4 Å². The molecule has 0 spiro atoms. The van der Waals surface area contributed by atoms with E-state index < -0.39 is 16.1 Å². The lowest BCUT2D eigenvalue weighted by Gasteiger charge is -2.19. The molecule has 166 valence electrons. The van der Waals surface area contributed by atoms with Crippen LogP contribution >= 0.6 is 0 Å². The van der Waals surface area contributed by atoms with E-state index in [1.165, 1.54) is 22.8 Å². The van der Waals surface area contributed by atoms with Crippen LogP contribution in [0.5, 0.6) is 0 Å². The first-order valence-corrected chi connectivity index (χ1v) is 12.4.